The van der Waals surface area contributed by atoms with Gasteiger partial charge in [0.05, 0.1) is 5.56 Å². The van der Waals surface area contributed by atoms with Crippen LogP contribution in [0.3, 0.4) is 0 Å². The van der Waals surface area contributed by atoms with Crippen molar-refractivity contribution >= 4 is 11.9 Å². The van der Waals surface area contributed by atoms with Crippen molar-refractivity contribution in [3.05, 3.63) is 35.4 Å². The van der Waals surface area contributed by atoms with Gasteiger partial charge in [-0.05, 0) is 11.6 Å². The van der Waals surface area contributed by atoms with Gasteiger partial charge in [-0.1, -0.05) is 18.2 Å². The minimum atomic E-state index is -4.97. The number of carboxylic acid groups (broad SMARTS) is 1. The van der Waals surface area contributed by atoms with Gasteiger partial charge in [-0.15, -0.1) is 0 Å². The first-order valence-corrected chi connectivity index (χ1v) is 4.87. The largest absolute Gasteiger partial charge is 0.478 e. The molecule has 0 saturated carbocycles. The van der Waals surface area contributed by atoms with Crippen molar-refractivity contribution in [1.29, 1.82) is 0 Å². The lowest BCUT2D eigenvalue weighted by molar-refractivity contribution is -0.184. The summed E-state index contributed by atoms with van der Waals surface area (Å²) in [6.07, 6.45) is -4.97. The molecule has 0 spiro atoms. The van der Waals surface area contributed by atoms with E-state index < -0.39 is 24.6 Å². The summed E-state index contributed by atoms with van der Waals surface area (Å²) in [5.41, 5.74) is 0.0180. The van der Waals surface area contributed by atoms with Crippen molar-refractivity contribution in [1.82, 2.24) is 4.90 Å². The molecule has 0 aromatic heterocycles. The Labute approximate surface area is 101 Å². The second-order valence-corrected chi connectivity index (χ2v) is 3.62. The summed E-state index contributed by atoms with van der Waals surface area (Å²) in [5, 5.41) is 8.85. The molecule has 1 N–H and O–H groups in total. The van der Waals surface area contributed by atoms with Crippen molar-refractivity contribution in [2.45, 2.75) is 12.7 Å². The third kappa shape index (κ3) is 3.22. The average molecular weight is 261 g/mol. The quantitative estimate of drug-likeness (QED) is 0.904. The van der Waals surface area contributed by atoms with Gasteiger partial charge in [-0.25, -0.2) is 4.79 Å². The summed E-state index contributed by atoms with van der Waals surface area (Å²) in [7, 11) is 0.967. The number of rotatable bonds is 3. The van der Waals surface area contributed by atoms with Crippen LogP contribution in [0.2, 0.25) is 0 Å². The summed E-state index contributed by atoms with van der Waals surface area (Å²) in [6.45, 7) is -0.416. The highest BCUT2D eigenvalue weighted by Gasteiger charge is 2.41. The number of aromatic carboxylic acids is 1. The first kappa shape index (κ1) is 14.0. The van der Waals surface area contributed by atoms with Crippen LogP contribution in [0.1, 0.15) is 15.9 Å². The number of amides is 1. The van der Waals surface area contributed by atoms with Crippen LogP contribution >= 0.6 is 0 Å². The van der Waals surface area contributed by atoms with Gasteiger partial charge in [0.2, 0.25) is 0 Å². The molecule has 1 rings (SSSR count). The first-order chi connectivity index (χ1) is 8.23. The molecular formula is C11H10F3NO3. The van der Waals surface area contributed by atoms with E-state index in [4.69, 9.17) is 5.11 Å². The molecule has 1 amide bonds. The maximum Gasteiger partial charge on any atom is 0.471 e. The van der Waals surface area contributed by atoms with Crippen LogP contribution in [0.4, 0.5) is 13.2 Å². The van der Waals surface area contributed by atoms with E-state index in [0.29, 0.717) is 4.90 Å². The van der Waals surface area contributed by atoms with E-state index in [1.165, 1.54) is 24.3 Å². The monoisotopic (exact) mass is 261 g/mol. The van der Waals surface area contributed by atoms with Gasteiger partial charge in [-0.2, -0.15) is 13.2 Å². The van der Waals surface area contributed by atoms with Crippen LogP contribution in [0.15, 0.2) is 24.3 Å². The molecule has 0 aliphatic rings. The van der Waals surface area contributed by atoms with Gasteiger partial charge < -0.3 is 10.0 Å². The van der Waals surface area contributed by atoms with E-state index in [9.17, 15) is 22.8 Å². The van der Waals surface area contributed by atoms with Crippen LogP contribution in [-0.2, 0) is 11.3 Å². The second kappa shape index (κ2) is 5.07. The van der Waals surface area contributed by atoms with Crippen molar-refractivity contribution < 1.29 is 27.9 Å². The van der Waals surface area contributed by atoms with E-state index in [1.54, 1.807) is 0 Å². The fourth-order valence-corrected chi connectivity index (χ4v) is 1.41. The molecule has 4 nitrogen and oxygen atoms in total. The number of carboxylic acids is 1. The molecule has 0 atom stereocenters. The highest BCUT2D eigenvalue weighted by molar-refractivity contribution is 5.89. The lowest BCUT2D eigenvalue weighted by atomic mass is 10.1. The molecule has 7 heteroatoms. The normalized spacial score (nSPS) is 11.1. The van der Waals surface area contributed by atoms with Crippen molar-refractivity contribution in [2.75, 3.05) is 7.05 Å². The van der Waals surface area contributed by atoms with E-state index >= 15 is 0 Å². The number of alkyl halides is 3. The topological polar surface area (TPSA) is 57.6 Å². The van der Waals surface area contributed by atoms with Gasteiger partial charge in [0.25, 0.3) is 0 Å². The Bertz CT molecular complexity index is 471. The van der Waals surface area contributed by atoms with E-state index in [2.05, 4.69) is 0 Å². The van der Waals surface area contributed by atoms with E-state index in [0.717, 1.165) is 7.05 Å². The molecule has 0 aliphatic carbocycles. The molecule has 0 heterocycles. The molecule has 98 valence electrons. The summed E-state index contributed by atoms with van der Waals surface area (Å²) in [5.74, 6) is -3.26. The van der Waals surface area contributed by atoms with Gasteiger partial charge >= 0.3 is 18.1 Å². The molecule has 0 unspecified atom stereocenters. The second-order valence-electron chi connectivity index (χ2n) is 3.62. The standard InChI is InChI=1S/C11H10F3NO3/c1-15(10(18)11(12,13)14)6-7-4-2-3-5-8(7)9(16)17/h2-5H,6H2,1H3,(H,16,17). The Hall–Kier alpha value is -2.05. The third-order valence-electron chi connectivity index (χ3n) is 2.24. The molecular weight excluding hydrogens is 251 g/mol. The Morgan fingerprint density at radius 3 is 2.33 bits per heavy atom. The van der Waals surface area contributed by atoms with E-state index in [1.807, 2.05) is 0 Å². The number of hydrogen-bond acceptors (Lipinski definition) is 2. The molecule has 0 fully saturated rings. The molecule has 0 radical (unpaired) electrons. The Kier molecular flexibility index (Phi) is 3.95. The van der Waals surface area contributed by atoms with Crippen LogP contribution in [-0.4, -0.2) is 35.1 Å². The molecule has 18 heavy (non-hydrogen) atoms. The summed E-state index contributed by atoms with van der Waals surface area (Å²) < 4.78 is 36.5. The molecule has 0 saturated heterocycles. The van der Waals surface area contributed by atoms with Crippen LogP contribution < -0.4 is 0 Å². The fraction of sp³-hybridized carbons (Fsp3) is 0.273. The van der Waals surface area contributed by atoms with Crippen molar-refractivity contribution in [3.63, 3.8) is 0 Å². The Morgan fingerprint density at radius 2 is 1.83 bits per heavy atom. The number of nitrogens with zero attached hydrogens (tertiary/aromatic N) is 1. The minimum Gasteiger partial charge on any atom is -0.478 e. The average Bonchev–Trinajstić information content (AvgIpc) is 2.27. The zero-order chi connectivity index (χ0) is 13.9. The lowest BCUT2D eigenvalue weighted by Crippen LogP contribution is -2.38. The lowest BCUT2D eigenvalue weighted by Gasteiger charge is -2.19. The zero-order valence-electron chi connectivity index (χ0n) is 9.36. The van der Waals surface area contributed by atoms with Crippen LogP contribution in [0.5, 0.6) is 0 Å². The predicted octanol–water partition coefficient (Wildman–Crippen LogP) is 1.91. The zero-order valence-corrected chi connectivity index (χ0v) is 9.36. The van der Waals surface area contributed by atoms with Gasteiger partial charge in [0, 0.05) is 13.6 Å². The SMILES string of the molecule is CN(Cc1ccccc1C(=O)O)C(=O)C(F)(F)F. The van der Waals surface area contributed by atoms with Crippen molar-refractivity contribution in [2.24, 2.45) is 0 Å². The maximum absolute atomic E-state index is 12.2. The number of carbonyl (C=O) groups is 2. The van der Waals surface area contributed by atoms with Crippen LogP contribution in [0, 0.1) is 0 Å². The fourth-order valence-electron chi connectivity index (χ4n) is 1.41. The molecule has 1 aromatic carbocycles. The van der Waals surface area contributed by atoms with Crippen LogP contribution in [0.25, 0.3) is 0 Å². The molecule has 1 aromatic rings. The Balaban J connectivity index is 2.92. The summed E-state index contributed by atoms with van der Waals surface area (Å²) >= 11 is 0. The summed E-state index contributed by atoms with van der Waals surface area (Å²) in [4.78, 5) is 22.2. The highest BCUT2D eigenvalue weighted by Crippen LogP contribution is 2.19. The molecule has 0 bridgehead atoms. The maximum atomic E-state index is 12.2. The third-order valence-corrected chi connectivity index (χ3v) is 2.24. The number of hydrogen-bond donors (Lipinski definition) is 1. The van der Waals surface area contributed by atoms with Gasteiger partial charge in [-0.3, -0.25) is 4.79 Å². The first-order valence-electron chi connectivity index (χ1n) is 4.87. The van der Waals surface area contributed by atoms with Crippen molar-refractivity contribution in [3.8, 4) is 0 Å². The Morgan fingerprint density at radius 1 is 1.28 bits per heavy atom. The smallest absolute Gasteiger partial charge is 0.471 e. The number of carbonyl (C=O) groups excluding carboxylic acids is 1. The highest BCUT2D eigenvalue weighted by atomic mass is 19.4. The number of benzene rings is 1. The number of halogens is 3. The summed E-state index contributed by atoms with van der Waals surface area (Å²) in [6, 6.07) is 5.58. The minimum absolute atomic E-state index is 0.126. The van der Waals surface area contributed by atoms with Gasteiger partial charge in [0.15, 0.2) is 0 Å². The van der Waals surface area contributed by atoms with Gasteiger partial charge in [0.1, 0.15) is 0 Å². The molecule has 0 aliphatic heterocycles. The van der Waals surface area contributed by atoms with E-state index in [-0.39, 0.29) is 11.1 Å². The predicted molar refractivity (Wildman–Crippen MR) is 55.9 cm³/mol.